The summed E-state index contributed by atoms with van der Waals surface area (Å²) in [6.07, 6.45) is -4.15. The van der Waals surface area contributed by atoms with Gasteiger partial charge in [0.1, 0.15) is 5.75 Å². The van der Waals surface area contributed by atoms with E-state index in [1.807, 2.05) is 11.9 Å². The number of alkyl halides is 3. The van der Waals surface area contributed by atoms with Gasteiger partial charge in [-0.1, -0.05) is 0 Å². The second-order valence-electron chi connectivity index (χ2n) is 5.52. The third kappa shape index (κ3) is 3.21. The molecule has 0 unspecified atom stereocenters. The number of fused-ring (bicyclic) bond motifs is 1. The van der Waals surface area contributed by atoms with E-state index in [2.05, 4.69) is 9.84 Å². The first-order valence-corrected chi connectivity index (χ1v) is 7.13. The fourth-order valence-electron chi connectivity index (χ4n) is 2.73. The molecule has 1 N–H and O–H groups in total. The van der Waals surface area contributed by atoms with E-state index in [-0.39, 0.29) is 11.4 Å². The highest BCUT2D eigenvalue weighted by Gasteiger charge is 2.31. The summed E-state index contributed by atoms with van der Waals surface area (Å²) in [5, 5.41) is 13.4. The predicted octanol–water partition coefficient (Wildman–Crippen LogP) is 2.46. The number of nitrogens with zero attached hydrogens (tertiary/aromatic N) is 3. The number of aromatic carboxylic acids is 1. The first-order valence-electron chi connectivity index (χ1n) is 7.13. The van der Waals surface area contributed by atoms with E-state index >= 15 is 0 Å². The number of carboxylic acid groups (broad SMARTS) is 1. The van der Waals surface area contributed by atoms with E-state index in [0.29, 0.717) is 24.2 Å². The molecule has 0 radical (unpaired) electrons. The number of aromatic nitrogens is 2. The van der Waals surface area contributed by atoms with E-state index in [4.69, 9.17) is 0 Å². The van der Waals surface area contributed by atoms with Gasteiger partial charge in [-0.25, -0.2) is 9.48 Å². The van der Waals surface area contributed by atoms with Crippen molar-refractivity contribution < 1.29 is 27.8 Å². The Kier molecular flexibility index (Phi) is 3.96. The molecule has 1 aliphatic rings. The second-order valence-corrected chi connectivity index (χ2v) is 5.52. The molecule has 0 aliphatic carbocycles. The van der Waals surface area contributed by atoms with Crippen molar-refractivity contribution in [3.8, 4) is 11.4 Å². The number of hydrogen-bond acceptors (Lipinski definition) is 4. The van der Waals surface area contributed by atoms with Crippen LogP contribution in [-0.2, 0) is 13.0 Å². The quantitative estimate of drug-likeness (QED) is 0.929. The van der Waals surface area contributed by atoms with Crippen LogP contribution in [0.1, 0.15) is 21.7 Å². The molecule has 0 bridgehead atoms. The number of carbonyl (C=O) groups is 1. The second kappa shape index (κ2) is 5.82. The normalized spacial score (nSPS) is 15.2. The molecular weight excluding hydrogens is 327 g/mol. The number of carboxylic acids is 1. The first-order chi connectivity index (χ1) is 11.2. The minimum absolute atomic E-state index is 0.0350. The van der Waals surface area contributed by atoms with Crippen molar-refractivity contribution in [1.29, 1.82) is 0 Å². The van der Waals surface area contributed by atoms with E-state index in [9.17, 15) is 23.1 Å². The molecule has 9 heteroatoms. The van der Waals surface area contributed by atoms with Crippen molar-refractivity contribution in [2.45, 2.75) is 19.3 Å². The van der Waals surface area contributed by atoms with Crippen LogP contribution >= 0.6 is 0 Å². The summed E-state index contributed by atoms with van der Waals surface area (Å²) in [7, 11) is 1.88. The Morgan fingerprint density at radius 3 is 2.54 bits per heavy atom. The molecule has 128 valence electrons. The average molecular weight is 341 g/mol. The lowest BCUT2D eigenvalue weighted by Crippen LogP contribution is -2.28. The van der Waals surface area contributed by atoms with Gasteiger partial charge in [-0.3, -0.25) is 0 Å². The maximum Gasteiger partial charge on any atom is 0.573 e. The fourth-order valence-corrected chi connectivity index (χ4v) is 2.73. The van der Waals surface area contributed by atoms with Crippen molar-refractivity contribution in [3.63, 3.8) is 0 Å². The van der Waals surface area contributed by atoms with E-state index in [0.717, 1.165) is 12.2 Å². The van der Waals surface area contributed by atoms with Crippen LogP contribution in [0, 0.1) is 0 Å². The molecule has 0 fully saturated rings. The summed E-state index contributed by atoms with van der Waals surface area (Å²) in [6.45, 7) is 1.21. The minimum Gasteiger partial charge on any atom is -0.476 e. The van der Waals surface area contributed by atoms with Gasteiger partial charge in [0.15, 0.2) is 5.69 Å². The summed E-state index contributed by atoms with van der Waals surface area (Å²) in [5.41, 5.74) is 1.84. The van der Waals surface area contributed by atoms with Gasteiger partial charge in [0.2, 0.25) is 0 Å². The number of ether oxygens (including phenoxy) is 1. The van der Waals surface area contributed by atoms with Gasteiger partial charge < -0.3 is 14.7 Å². The third-order valence-electron chi connectivity index (χ3n) is 3.77. The molecule has 3 rings (SSSR count). The van der Waals surface area contributed by atoms with Crippen LogP contribution < -0.4 is 4.74 Å². The van der Waals surface area contributed by atoms with Gasteiger partial charge >= 0.3 is 12.3 Å². The monoisotopic (exact) mass is 341 g/mol. The summed E-state index contributed by atoms with van der Waals surface area (Å²) >= 11 is 0. The lowest BCUT2D eigenvalue weighted by Gasteiger charge is -2.23. The van der Waals surface area contributed by atoms with Crippen molar-refractivity contribution in [1.82, 2.24) is 14.7 Å². The van der Waals surface area contributed by atoms with Crippen LogP contribution in [-0.4, -0.2) is 45.7 Å². The Labute approximate surface area is 135 Å². The Balaban J connectivity index is 1.98. The molecular formula is C15H14F3N3O3. The summed E-state index contributed by atoms with van der Waals surface area (Å²) in [4.78, 5) is 13.4. The smallest absolute Gasteiger partial charge is 0.476 e. The fraction of sp³-hybridized carbons (Fsp3) is 0.333. The summed E-state index contributed by atoms with van der Waals surface area (Å²) in [6, 6.07) is 5.18. The molecule has 2 aromatic rings. The van der Waals surface area contributed by atoms with E-state index in [1.54, 1.807) is 0 Å². The molecule has 0 amide bonds. The van der Waals surface area contributed by atoms with Crippen LogP contribution in [0.2, 0.25) is 0 Å². The number of rotatable bonds is 3. The van der Waals surface area contributed by atoms with Gasteiger partial charge in [0, 0.05) is 25.1 Å². The standard InChI is InChI=1S/C15H14F3N3O3/c1-20-7-6-12-11(8-20)13(14(22)23)19-21(12)9-2-4-10(5-3-9)24-15(16,17)18/h2-5H,6-8H2,1H3,(H,22,23). The Morgan fingerprint density at radius 1 is 1.29 bits per heavy atom. The average Bonchev–Trinajstić information content (AvgIpc) is 2.85. The highest BCUT2D eigenvalue weighted by molar-refractivity contribution is 5.87. The van der Waals surface area contributed by atoms with Crippen LogP contribution in [0.15, 0.2) is 24.3 Å². The molecule has 0 saturated carbocycles. The molecule has 0 spiro atoms. The minimum atomic E-state index is -4.76. The topological polar surface area (TPSA) is 67.6 Å². The maximum atomic E-state index is 12.2. The van der Waals surface area contributed by atoms with Crippen LogP contribution in [0.25, 0.3) is 5.69 Å². The Bertz CT molecular complexity index is 769. The first kappa shape index (κ1) is 16.3. The Hall–Kier alpha value is -2.55. The van der Waals surface area contributed by atoms with Crippen LogP contribution in [0.4, 0.5) is 13.2 Å². The molecule has 6 nitrogen and oxygen atoms in total. The van der Waals surface area contributed by atoms with E-state index in [1.165, 1.54) is 28.9 Å². The molecule has 2 heterocycles. The number of likely N-dealkylation sites (N-methyl/N-ethyl adjacent to an activating group) is 1. The summed E-state index contributed by atoms with van der Waals surface area (Å²) in [5.74, 6) is -1.47. The third-order valence-corrected chi connectivity index (χ3v) is 3.77. The largest absolute Gasteiger partial charge is 0.573 e. The van der Waals surface area contributed by atoms with Crippen molar-refractivity contribution in [2.75, 3.05) is 13.6 Å². The zero-order valence-corrected chi connectivity index (χ0v) is 12.7. The highest BCUT2D eigenvalue weighted by Crippen LogP contribution is 2.27. The molecule has 24 heavy (non-hydrogen) atoms. The highest BCUT2D eigenvalue weighted by atomic mass is 19.4. The lowest BCUT2D eigenvalue weighted by atomic mass is 10.1. The number of hydrogen-bond donors (Lipinski definition) is 1. The van der Waals surface area contributed by atoms with Crippen molar-refractivity contribution >= 4 is 5.97 Å². The van der Waals surface area contributed by atoms with Gasteiger partial charge in [0.25, 0.3) is 0 Å². The predicted molar refractivity (Wildman–Crippen MR) is 77.2 cm³/mol. The maximum absolute atomic E-state index is 12.2. The number of benzene rings is 1. The zero-order chi connectivity index (χ0) is 17.5. The Morgan fingerprint density at radius 2 is 1.96 bits per heavy atom. The summed E-state index contributed by atoms with van der Waals surface area (Å²) < 4.78 is 41.9. The SMILES string of the molecule is CN1CCc2c(c(C(=O)O)nn2-c2ccc(OC(F)(F)F)cc2)C1. The van der Waals surface area contributed by atoms with Crippen molar-refractivity contribution in [3.05, 3.63) is 41.2 Å². The van der Waals surface area contributed by atoms with Gasteiger partial charge in [-0.15, -0.1) is 13.2 Å². The molecule has 1 aromatic carbocycles. The van der Waals surface area contributed by atoms with Gasteiger partial charge in [0.05, 0.1) is 11.4 Å². The van der Waals surface area contributed by atoms with Crippen LogP contribution in [0.5, 0.6) is 5.75 Å². The number of halogens is 3. The molecule has 1 aliphatic heterocycles. The lowest BCUT2D eigenvalue weighted by molar-refractivity contribution is -0.274. The zero-order valence-electron chi connectivity index (χ0n) is 12.7. The van der Waals surface area contributed by atoms with Gasteiger partial charge in [-0.05, 0) is 31.3 Å². The van der Waals surface area contributed by atoms with Crippen LogP contribution in [0.3, 0.4) is 0 Å². The van der Waals surface area contributed by atoms with Gasteiger partial charge in [-0.2, -0.15) is 5.10 Å². The molecule has 0 atom stereocenters. The molecule has 1 aromatic heterocycles. The van der Waals surface area contributed by atoms with E-state index < -0.39 is 12.3 Å². The van der Waals surface area contributed by atoms with Crippen molar-refractivity contribution in [2.24, 2.45) is 0 Å². The molecule has 0 saturated heterocycles.